The van der Waals surface area contributed by atoms with E-state index in [4.69, 9.17) is 5.73 Å². The van der Waals surface area contributed by atoms with Crippen LogP contribution >= 0.6 is 0 Å². The van der Waals surface area contributed by atoms with E-state index in [0.29, 0.717) is 0 Å². The molecule has 0 aliphatic heterocycles. The van der Waals surface area contributed by atoms with Gasteiger partial charge in [0.05, 0.1) is 22.5 Å². The Bertz CT molecular complexity index is 675. The van der Waals surface area contributed by atoms with Crippen LogP contribution in [0.1, 0.15) is 13.8 Å². The molecule has 24 heavy (non-hydrogen) atoms. The Morgan fingerprint density at radius 1 is 1.21 bits per heavy atom. The normalized spacial score (nSPS) is 11.6. The zero-order valence-electron chi connectivity index (χ0n) is 13.0. The van der Waals surface area contributed by atoms with E-state index in [2.05, 4.69) is 10.6 Å². The highest BCUT2D eigenvalue weighted by atomic mass is 16.6. The van der Waals surface area contributed by atoms with E-state index in [-0.39, 0.29) is 18.2 Å². The van der Waals surface area contributed by atoms with Gasteiger partial charge in [0, 0.05) is 6.07 Å². The standard InChI is InChI=1S/C13H17N5O6/c1-7(2)12(13(20)15-6-11(14)19)16-9-4-3-8(17(21)22)5-10(9)18(23)24/h3-5,7,12,16H,6H2,1-2H3,(H2,14,19)(H,15,20). The number of nitrogens with one attached hydrogen (secondary N) is 2. The average molecular weight is 339 g/mol. The van der Waals surface area contributed by atoms with Crippen molar-refractivity contribution in [1.29, 1.82) is 0 Å². The fourth-order valence-electron chi connectivity index (χ4n) is 1.89. The lowest BCUT2D eigenvalue weighted by Crippen LogP contribution is -2.45. The Kier molecular flexibility index (Phi) is 6.15. The van der Waals surface area contributed by atoms with Crippen LogP contribution in [0, 0.1) is 26.1 Å². The monoisotopic (exact) mass is 339 g/mol. The summed E-state index contributed by atoms with van der Waals surface area (Å²) in [5.74, 6) is -1.59. The van der Waals surface area contributed by atoms with Gasteiger partial charge in [0.2, 0.25) is 11.8 Å². The van der Waals surface area contributed by atoms with Crippen LogP contribution in [0.15, 0.2) is 18.2 Å². The third-order valence-corrected chi connectivity index (χ3v) is 3.09. The number of benzene rings is 1. The van der Waals surface area contributed by atoms with Gasteiger partial charge in [-0.1, -0.05) is 13.8 Å². The molecule has 0 saturated heterocycles. The third kappa shape index (κ3) is 4.90. The summed E-state index contributed by atoms with van der Waals surface area (Å²) >= 11 is 0. The van der Waals surface area contributed by atoms with Gasteiger partial charge in [-0.2, -0.15) is 0 Å². The van der Waals surface area contributed by atoms with Gasteiger partial charge in [0.1, 0.15) is 11.7 Å². The summed E-state index contributed by atoms with van der Waals surface area (Å²) in [5.41, 5.74) is 3.94. The molecular weight excluding hydrogens is 322 g/mol. The van der Waals surface area contributed by atoms with E-state index in [1.165, 1.54) is 0 Å². The first kappa shape index (κ1) is 18.8. The Balaban J connectivity index is 3.10. The molecule has 0 heterocycles. The Hall–Kier alpha value is -3.24. The second-order valence-corrected chi connectivity index (χ2v) is 5.27. The maximum Gasteiger partial charge on any atom is 0.299 e. The van der Waals surface area contributed by atoms with Crippen LogP contribution < -0.4 is 16.4 Å². The molecule has 0 aromatic heterocycles. The number of anilines is 1. The number of nitro groups is 2. The number of rotatable bonds is 8. The summed E-state index contributed by atoms with van der Waals surface area (Å²) in [7, 11) is 0. The van der Waals surface area contributed by atoms with Crippen LogP contribution in [0.3, 0.4) is 0 Å². The fraction of sp³-hybridized carbons (Fsp3) is 0.385. The molecule has 1 rings (SSSR count). The largest absolute Gasteiger partial charge is 0.368 e. The molecule has 0 radical (unpaired) electrons. The molecule has 0 bridgehead atoms. The molecule has 11 heteroatoms. The lowest BCUT2D eigenvalue weighted by Gasteiger charge is -2.22. The molecule has 0 saturated carbocycles. The van der Waals surface area contributed by atoms with Crippen molar-refractivity contribution >= 4 is 28.9 Å². The Morgan fingerprint density at radius 2 is 1.83 bits per heavy atom. The summed E-state index contributed by atoms with van der Waals surface area (Å²) in [4.78, 5) is 43.1. The number of primary amides is 1. The minimum Gasteiger partial charge on any atom is -0.368 e. The van der Waals surface area contributed by atoms with Gasteiger partial charge in [-0.3, -0.25) is 29.8 Å². The minimum atomic E-state index is -0.899. The van der Waals surface area contributed by atoms with E-state index in [1.807, 2.05) is 0 Å². The lowest BCUT2D eigenvalue weighted by molar-refractivity contribution is -0.393. The van der Waals surface area contributed by atoms with Crippen molar-refractivity contribution in [2.24, 2.45) is 11.7 Å². The second kappa shape index (κ2) is 7.85. The minimum absolute atomic E-state index is 0.0430. The molecule has 0 aliphatic carbocycles. The van der Waals surface area contributed by atoms with Crippen LogP contribution in [0.2, 0.25) is 0 Å². The zero-order valence-corrected chi connectivity index (χ0v) is 13.0. The number of hydrogen-bond acceptors (Lipinski definition) is 7. The number of carbonyl (C=O) groups is 2. The molecule has 2 amide bonds. The third-order valence-electron chi connectivity index (χ3n) is 3.09. The molecule has 1 atom stereocenters. The Labute approximate surface area is 136 Å². The number of nitro benzene ring substituents is 2. The zero-order chi connectivity index (χ0) is 18.4. The molecule has 0 spiro atoms. The summed E-state index contributed by atoms with van der Waals surface area (Å²) in [6, 6.07) is 2.16. The molecule has 1 aromatic carbocycles. The first-order chi connectivity index (χ1) is 11.1. The molecular formula is C13H17N5O6. The highest BCUT2D eigenvalue weighted by molar-refractivity contribution is 5.89. The van der Waals surface area contributed by atoms with E-state index in [0.717, 1.165) is 18.2 Å². The summed E-state index contributed by atoms with van der Waals surface area (Å²) in [5, 5.41) is 26.8. The molecule has 0 fully saturated rings. The maximum absolute atomic E-state index is 12.1. The van der Waals surface area contributed by atoms with Crippen LogP contribution in [-0.4, -0.2) is 34.2 Å². The summed E-state index contributed by atoms with van der Waals surface area (Å²) in [6.45, 7) is 3.02. The molecule has 4 N–H and O–H groups in total. The van der Waals surface area contributed by atoms with Crippen molar-refractivity contribution in [1.82, 2.24) is 5.32 Å². The average Bonchev–Trinajstić information content (AvgIpc) is 2.49. The molecule has 1 unspecified atom stereocenters. The van der Waals surface area contributed by atoms with Gasteiger partial charge in [-0.25, -0.2) is 0 Å². The van der Waals surface area contributed by atoms with Crippen LogP contribution in [-0.2, 0) is 9.59 Å². The van der Waals surface area contributed by atoms with Crippen LogP contribution in [0.4, 0.5) is 17.1 Å². The van der Waals surface area contributed by atoms with Crippen molar-refractivity contribution in [3.63, 3.8) is 0 Å². The number of amides is 2. The SMILES string of the molecule is CC(C)C(Nc1ccc([N+](=O)[O-])cc1[N+](=O)[O-])C(=O)NCC(N)=O. The van der Waals surface area contributed by atoms with E-state index >= 15 is 0 Å². The highest BCUT2D eigenvalue weighted by Gasteiger charge is 2.27. The molecule has 130 valence electrons. The molecule has 1 aromatic rings. The van der Waals surface area contributed by atoms with Crippen molar-refractivity contribution in [3.8, 4) is 0 Å². The maximum atomic E-state index is 12.1. The van der Waals surface area contributed by atoms with Crippen molar-refractivity contribution in [2.75, 3.05) is 11.9 Å². The molecule has 0 aliphatic rings. The van der Waals surface area contributed by atoms with E-state index < -0.39 is 39.1 Å². The first-order valence-electron chi connectivity index (χ1n) is 6.88. The van der Waals surface area contributed by atoms with Gasteiger partial charge in [0.15, 0.2) is 0 Å². The number of non-ortho nitro benzene ring substituents is 1. The number of nitrogens with zero attached hydrogens (tertiary/aromatic N) is 2. The van der Waals surface area contributed by atoms with Gasteiger partial charge >= 0.3 is 0 Å². The number of carbonyl (C=O) groups excluding carboxylic acids is 2. The molecule has 11 nitrogen and oxygen atoms in total. The van der Waals surface area contributed by atoms with E-state index in [9.17, 15) is 29.8 Å². The van der Waals surface area contributed by atoms with Gasteiger partial charge in [-0.15, -0.1) is 0 Å². The summed E-state index contributed by atoms with van der Waals surface area (Å²) < 4.78 is 0. The van der Waals surface area contributed by atoms with Crippen molar-refractivity contribution in [2.45, 2.75) is 19.9 Å². The fourth-order valence-corrected chi connectivity index (χ4v) is 1.89. The lowest BCUT2D eigenvalue weighted by atomic mass is 10.0. The van der Waals surface area contributed by atoms with Crippen LogP contribution in [0.25, 0.3) is 0 Å². The number of nitrogens with two attached hydrogens (primary N) is 1. The van der Waals surface area contributed by atoms with Gasteiger partial charge in [-0.05, 0) is 12.0 Å². The van der Waals surface area contributed by atoms with Gasteiger partial charge < -0.3 is 16.4 Å². The van der Waals surface area contributed by atoms with Crippen molar-refractivity contribution < 1.29 is 19.4 Å². The predicted molar refractivity (Wildman–Crippen MR) is 84.2 cm³/mol. The quantitative estimate of drug-likeness (QED) is 0.458. The first-order valence-corrected chi connectivity index (χ1v) is 6.88. The van der Waals surface area contributed by atoms with Crippen molar-refractivity contribution in [3.05, 3.63) is 38.4 Å². The summed E-state index contributed by atoms with van der Waals surface area (Å²) in [6.07, 6.45) is 0. The van der Waals surface area contributed by atoms with E-state index in [1.54, 1.807) is 13.8 Å². The Morgan fingerprint density at radius 3 is 2.29 bits per heavy atom. The topological polar surface area (TPSA) is 170 Å². The smallest absolute Gasteiger partial charge is 0.299 e. The second-order valence-electron chi connectivity index (χ2n) is 5.27. The van der Waals surface area contributed by atoms with Gasteiger partial charge in [0.25, 0.3) is 11.4 Å². The predicted octanol–water partition coefficient (Wildman–Crippen LogP) is 0.541. The number of hydrogen-bond donors (Lipinski definition) is 3. The van der Waals surface area contributed by atoms with Crippen LogP contribution in [0.5, 0.6) is 0 Å². The highest BCUT2D eigenvalue weighted by Crippen LogP contribution is 2.30.